The first-order valence-corrected chi connectivity index (χ1v) is 7.37. The van der Waals surface area contributed by atoms with Gasteiger partial charge in [-0.15, -0.1) is 0 Å². The van der Waals surface area contributed by atoms with Crippen LogP contribution in [0.2, 0.25) is 0 Å². The number of rotatable bonds is 5. The predicted molar refractivity (Wildman–Crippen MR) is 81.0 cm³/mol. The highest BCUT2D eigenvalue weighted by molar-refractivity contribution is 5.18. The average Bonchev–Trinajstić information content (AvgIpc) is 2.87. The van der Waals surface area contributed by atoms with E-state index in [0.29, 0.717) is 19.1 Å². The summed E-state index contributed by atoms with van der Waals surface area (Å²) in [4.78, 5) is 4.68. The highest BCUT2D eigenvalue weighted by Crippen LogP contribution is 2.29. The van der Waals surface area contributed by atoms with Gasteiger partial charge in [-0.2, -0.15) is 0 Å². The van der Waals surface area contributed by atoms with Crippen LogP contribution in [0.5, 0.6) is 0 Å². The van der Waals surface area contributed by atoms with Crippen molar-refractivity contribution in [3.63, 3.8) is 0 Å². The second-order valence-corrected chi connectivity index (χ2v) is 6.19. The minimum absolute atomic E-state index is 0.0352. The molecule has 0 aromatic heterocycles. The molecule has 2 N–H and O–H groups in total. The normalized spacial score (nSPS) is 23.9. The minimum Gasteiger partial charge on any atom is -0.329 e. The number of halogens is 1. The molecular weight excluding hydrogens is 253 g/mol. The fourth-order valence-corrected chi connectivity index (χ4v) is 3.01. The molecule has 1 aromatic rings. The van der Waals surface area contributed by atoms with Gasteiger partial charge in [-0.05, 0) is 33.4 Å². The molecule has 3 nitrogen and oxygen atoms in total. The van der Waals surface area contributed by atoms with E-state index in [4.69, 9.17) is 5.73 Å². The molecule has 20 heavy (non-hydrogen) atoms. The molecule has 0 amide bonds. The second kappa shape index (κ2) is 6.20. The Morgan fingerprint density at radius 2 is 2.10 bits per heavy atom. The smallest absolute Gasteiger partial charge is 0.127 e. The average molecular weight is 279 g/mol. The third-order valence-electron chi connectivity index (χ3n) is 4.65. The molecule has 1 aliphatic rings. The van der Waals surface area contributed by atoms with Crippen LogP contribution in [0, 0.1) is 5.82 Å². The molecule has 1 atom stereocenters. The van der Waals surface area contributed by atoms with Gasteiger partial charge in [0.25, 0.3) is 0 Å². The highest BCUT2D eigenvalue weighted by atomic mass is 19.1. The maximum Gasteiger partial charge on any atom is 0.127 e. The summed E-state index contributed by atoms with van der Waals surface area (Å²) in [6.45, 7) is 7.67. The first kappa shape index (κ1) is 15.4. The number of hydrogen-bond acceptors (Lipinski definition) is 3. The molecule has 1 unspecified atom stereocenters. The van der Waals surface area contributed by atoms with Crippen molar-refractivity contribution < 1.29 is 4.39 Å². The molecule has 0 bridgehead atoms. The van der Waals surface area contributed by atoms with Gasteiger partial charge in [-0.3, -0.25) is 9.80 Å². The van der Waals surface area contributed by atoms with E-state index in [0.717, 1.165) is 25.1 Å². The SMILES string of the molecule is CC(C)N1CCC(CN)(N(C)Cc2ccccc2F)C1. The van der Waals surface area contributed by atoms with Crippen molar-refractivity contribution in [3.8, 4) is 0 Å². The van der Waals surface area contributed by atoms with Crippen LogP contribution in [0.4, 0.5) is 4.39 Å². The van der Waals surface area contributed by atoms with Crippen LogP contribution in [-0.4, -0.2) is 48.1 Å². The van der Waals surface area contributed by atoms with Crippen molar-refractivity contribution in [3.05, 3.63) is 35.6 Å². The summed E-state index contributed by atoms with van der Waals surface area (Å²) in [5.41, 5.74) is 6.77. The van der Waals surface area contributed by atoms with Gasteiger partial charge in [-0.1, -0.05) is 18.2 Å². The minimum atomic E-state index is -0.134. The maximum atomic E-state index is 13.8. The van der Waals surface area contributed by atoms with E-state index >= 15 is 0 Å². The zero-order valence-corrected chi connectivity index (χ0v) is 12.8. The van der Waals surface area contributed by atoms with Crippen molar-refractivity contribution in [2.45, 2.75) is 38.4 Å². The van der Waals surface area contributed by atoms with Gasteiger partial charge >= 0.3 is 0 Å². The zero-order valence-electron chi connectivity index (χ0n) is 12.8. The number of likely N-dealkylation sites (N-methyl/N-ethyl adjacent to an activating group) is 1. The van der Waals surface area contributed by atoms with Crippen LogP contribution in [0.15, 0.2) is 24.3 Å². The molecule has 4 heteroatoms. The number of nitrogens with zero attached hydrogens (tertiary/aromatic N) is 2. The van der Waals surface area contributed by atoms with Crippen LogP contribution < -0.4 is 5.73 Å². The Labute approximate surface area is 121 Å². The lowest BCUT2D eigenvalue weighted by Crippen LogP contribution is -2.54. The van der Waals surface area contributed by atoms with Crippen molar-refractivity contribution in [2.24, 2.45) is 5.73 Å². The molecule has 1 aliphatic heterocycles. The van der Waals surface area contributed by atoms with Crippen LogP contribution in [-0.2, 0) is 6.54 Å². The lowest BCUT2D eigenvalue weighted by molar-refractivity contribution is 0.114. The molecule has 1 heterocycles. The topological polar surface area (TPSA) is 32.5 Å². The van der Waals surface area contributed by atoms with E-state index in [1.807, 2.05) is 12.1 Å². The predicted octanol–water partition coefficient (Wildman–Crippen LogP) is 2.07. The van der Waals surface area contributed by atoms with Gasteiger partial charge in [0.2, 0.25) is 0 Å². The van der Waals surface area contributed by atoms with Gasteiger partial charge < -0.3 is 5.73 Å². The number of benzene rings is 1. The van der Waals surface area contributed by atoms with E-state index in [2.05, 4.69) is 30.7 Å². The van der Waals surface area contributed by atoms with Crippen molar-refractivity contribution in [1.82, 2.24) is 9.80 Å². The first-order valence-electron chi connectivity index (χ1n) is 7.37. The van der Waals surface area contributed by atoms with Crippen molar-refractivity contribution in [1.29, 1.82) is 0 Å². The summed E-state index contributed by atoms with van der Waals surface area (Å²) in [5, 5.41) is 0. The fourth-order valence-electron chi connectivity index (χ4n) is 3.01. The molecule has 0 spiro atoms. The lowest BCUT2D eigenvalue weighted by Gasteiger charge is -2.38. The standard InChI is InChI=1S/C16H26FN3/c1-13(2)20-9-8-16(11-18,12-20)19(3)10-14-6-4-5-7-15(14)17/h4-7,13H,8-12,18H2,1-3H3. The van der Waals surface area contributed by atoms with E-state index in [1.165, 1.54) is 6.07 Å². The van der Waals surface area contributed by atoms with Crippen LogP contribution in [0.25, 0.3) is 0 Å². The van der Waals surface area contributed by atoms with Crippen LogP contribution >= 0.6 is 0 Å². The van der Waals surface area contributed by atoms with Gasteiger partial charge in [0, 0.05) is 43.3 Å². The van der Waals surface area contributed by atoms with Crippen molar-refractivity contribution >= 4 is 0 Å². The summed E-state index contributed by atoms with van der Waals surface area (Å²) >= 11 is 0. The van der Waals surface area contributed by atoms with Crippen molar-refractivity contribution in [2.75, 3.05) is 26.7 Å². The van der Waals surface area contributed by atoms with Crippen LogP contribution in [0.1, 0.15) is 25.8 Å². The molecule has 1 fully saturated rings. The summed E-state index contributed by atoms with van der Waals surface area (Å²) < 4.78 is 13.8. The van der Waals surface area contributed by atoms with Gasteiger partial charge in [0.05, 0.1) is 0 Å². The molecular formula is C16H26FN3. The van der Waals surface area contributed by atoms with E-state index < -0.39 is 0 Å². The largest absolute Gasteiger partial charge is 0.329 e. The number of likely N-dealkylation sites (tertiary alicyclic amines) is 1. The molecule has 1 aromatic carbocycles. The molecule has 2 rings (SSSR count). The Bertz CT molecular complexity index is 449. The fraction of sp³-hybridized carbons (Fsp3) is 0.625. The van der Waals surface area contributed by atoms with E-state index in [1.54, 1.807) is 6.07 Å². The third kappa shape index (κ3) is 3.03. The molecule has 0 aliphatic carbocycles. The molecule has 112 valence electrons. The lowest BCUT2D eigenvalue weighted by atomic mass is 9.96. The van der Waals surface area contributed by atoms with Crippen LogP contribution in [0.3, 0.4) is 0 Å². The quantitative estimate of drug-likeness (QED) is 0.895. The summed E-state index contributed by atoms with van der Waals surface area (Å²) in [6, 6.07) is 7.52. The molecule has 0 radical (unpaired) electrons. The first-order chi connectivity index (χ1) is 9.48. The van der Waals surface area contributed by atoms with Gasteiger partial charge in [0.15, 0.2) is 0 Å². The third-order valence-corrected chi connectivity index (χ3v) is 4.65. The Kier molecular flexibility index (Phi) is 4.78. The Hall–Kier alpha value is -0.970. The monoisotopic (exact) mass is 279 g/mol. The van der Waals surface area contributed by atoms with Gasteiger partial charge in [0.1, 0.15) is 5.82 Å². The molecule has 1 saturated heterocycles. The Balaban J connectivity index is 2.10. The zero-order chi connectivity index (χ0) is 14.8. The molecule has 0 saturated carbocycles. The van der Waals surface area contributed by atoms with E-state index in [9.17, 15) is 4.39 Å². The summed E-state index contributed by atoms with van der Waals surface area (Å²) in [7, 11) is 2.06. The number of hydrogen-bond donors (Lipinski definition) is 1. The van der Waals surface area contributed by atoms with E-state index in [-0.39, 0.29) is 11.4 Å². The highest BCUT2D eigenvalue weighted by Gasteiger charge is 2.41. The number of nitrogens with two attached hydrogens (primary N) is 1. The second-order valence-electron chi connectivity index (χ2n) is 6.19. The maximum absolute atomic E-state index is 13.8. The summed E-state index contributed by atoms with van der Waals surface area (Å²) in [5.74, 6) is -0.134. The Morgan fingerprint density at radius 1 is 1.40 bits per heavy atom. The summed E-state index contributed by atoms with van der Waals surface area (Å²) in [6.07, 6.45) is 1.05. The van der Waals surface area contributed by atoms with Gasteiger partial charge in [-0.25, -0.2) is 4.39 Å². The Morgan fingerprint density at radius 3 is 2.65 bits per heavy atom.